The molecule has 0 spiro atoms. The lowest BCUT2D eigenvalue weighted by molar-refractivity contribution is 0.0682. The van der Waals surface area contributed by atoms with Crippen molar-refractivity contribution in [1.29, 1.82) is 0 Å². The molecule has 0 bridgehead atoms. The molecule has 144 valence electrons. The van der Waals surface area contributed by atoms with Crippen LogP contribution >= 0.6 is 0 Å². The van der Waals surface area contributed by atoms with Crippen molar-refractivity contribution in [3.05, 3.63) is 82.7 Å². The summed E-state index contributed by atoms with van der Waals surface area (Å²) in [5.41, 5.74) is 5.97. The topological polar surface area (TPSA) is 50.2 Å². The van der Waals surface area contributed by atoms with Crippen LogP contribution in [0.25, 0.3) is 0 Å². The van der Waals surface area contributed by atoms with Crippen molar-refractivity contribution >= 4 is 11.6 Å². The normalized spacial score (nSPS) is 16.0. The van der Waals surface area contributed by atoms with Gasteiger partial charge < -0.3 is 10.2 Å². The minimum atomic E-state index is -0.202. The van der Waals surface area contributed by atoms with Crippen LogP contribution in [0, 0.1) is 13.8 Å². The Morgan fingerprint density at radius 2 is 1.75 bits per heavy atom. The lowest BCUT2D eigenvalue weighted by Gasteiger charge is -2.38. The van der Waals surface area contributed by atoms with Crippen molar-refractivity contribution in [3.63, 3.8) is 0 Å². The summed E-state index contributed by atoms with van der Waals surface area (Å²) in [6.45, 7) is 7.64. The predicted octanol–water partition coefficient (Wildman–Crippen LogP) is 4.52. The average molecular weight is 374 g/mol. The van der Waals surface area contributed by atoms with Gasteiger partial charge in [-0.15, -0.1) is 0 Å². The molecule has 0 unspecified atom stereocenters. The van der Waals surface area contributed by atoms with E-state index in [4.69, 9.17) is 5.10 Å². The second-order valence-corrected chi connectivity index (χ2v) is 7.32. The zero-order valence-corrected chi connectivity index (χ0v) is 16.6. The number of benzene rings is 2. The molecule has 1 N–H and O–H groups in total. The second-order valence-electron chi connectivity index (χ2n) is 7.32. The highest BCUT2D eigenvalue weighted by Gasteiger charge is 2.35. The van der Waals surface area contributed by atoms with Crippen molar-refractivity contribution in [1.82, 2.24) is 14.7 Å². The van der Waals surface area contributed by atoms with E-state index in [1.807, 2.05) is 59.0 Å². The lowest BCUT2D eigenvalue weighted by Crippen LogP contribution is -2.43. The van der Waals surface area contributed by atoms with Crippen LogP contribution in [-0.2, 0) is 6.54 Å². The number of fused-ring (bicyclic) bond motifs is 1. The Labute approximate surface area is 166 Å². The summed E-state index contributed by atoms with van der Waals surface area (Å²) < 4.78 is 2.04. The van der Waals surface area contributed by atoms with Gasteiger partial charge in [-0.05, 0) is 38.0 Å². The number of anilines is 1. The quantitative estimate of drug-likeness (QED) is 0.714. The number of rotatable bonds is 5. The molecular formula is C23H26N4O. The maximum Gasteiger partial charge on any atom is 0.257 e. The number of nitrogens with one attached hydrogen (secondary N) is 1. The number of hydrogen-bond donors (Lipinski definition) is 1. The maximum atomic E-state index is 13.2. The van der Waals surface area contributed by atoms with Crippen LogP contribution in [-0.4, -0.2) is 27.1 Å². The summed E-state index contributed by atoms with van der Waals surface area (Å²) in [5, 5.41) is 8.38. The summed E-state index contributed by atoms with van der Waals surface area (Å²) in [6, 6.07) is 18.1. The number of hydrogen-bond acceptors (Lipinski definition) is 3. The highest BCUT2D eigenvalue weighted by atomic mass is 16.2. The van der Waals surface area contributed by atoms with Crippen molar-refractivity contribution in [3.8, 4) is 0 Å². The molecule has 5 heteroatoms. The van der Waals surface area contributed by atoms with Crippen molar-refractivity contribution in [2.75, 3.05) is 11.9 Å². The maximum absolute atomic E-state index is 13.2. The zero-order valence-electron chi connectivity index (χ0n) is 16.6. The molecule has 4 rings (SSSR count). The molecule has 2 heterocycles. The summed E-state index contributed by atoms with van der Waals surface area (Å²) in [5.74, 6) is 0.0795. The Bertz CT molecular complexity index is 993. The summed E-state index contributed by atoms with van der Waals surface area (Å²) in [7, 11) is 0. The number of para-hydroxylation sites is 1. The Hall–Kier alpha value is -3.08. The first-order valence-corrected chi connectivity index (χ1v) is 9.84. The number of carbonyl (C=O) groups is 1. The van der Waals surface area contributed by atoms with Crippen LogP contribution in [0.3, 0.4) is 0 Å². The monoisotopic (exact) mass is 374 g/mol. The number of amides is 1. The number of nitrogens with zero attached hydrogens (tertiary/aromatic N) is 3. The minimum Gasteiger partial charge on any atom is -0.361 e. The van der Waals surface area contributed by atoms with Gasteiger partial charge in [-0.1, -0.05) is 49.4 Å². The van der Waals surface area contributed by atoms with Gasteiger partial charge in [-0.3, -0.25) is 9.48 Å². The largest absolute Gasteiger partial charge is 0.361 e. The molecule has 3 aromatic rings. The lowest BCUT2D eigenvalue weighted by atomic mass is 10.0. The molecule has 0 fully saturated rings. The van der Waals surface area contributed by atoms with E-state index >= 15 is 0 Å². The fourth-order valence-electron chi connectivity index (χ4n) is 4.01. The molecule has 2 aromatic carbocycles. The van der Waals surface area contributed by atoms with Gasteiger partial charge in [0.05, 0.1) is 17.8 Å². The molecule has 5 nitrogen and oxygen atoms in total. The van der Waals surface area contributed by atoms with Crippen molar-refractivity contribution in [2.24, 2.45) is 0 Å². The van der Waals surface area contributed by atoms with Gasteiger partial charge in [-0.2, -0.15) is 5.10 Å². The standard InChI is InChI=1S/C23H26N4O/c1-4-14-26-22(24-20-13-9-8-12-19(20)23(26)28)21-16(2)25-27(17(21)3)15-18-10-6-5-7-11-18/h5-13,22,24H,4,14-15H2,1-3H3/t22-/m1/s1. The van der Waals surface area contributed by atoms with Gasteiger partial charge in [0.15, 0.2) is 0 Å². The van der Waals surface area contributed by atoms with E-state index in [0.29, 0.717) is 6.54 Å². The molecule has 0 aliphatic carbocycles. The summed E-state index contributed by atoms with van der Waals surface area (Å²) >= 11 is 0. The number of aryl methyl sites for hydroxylation is 1. The molecule has 1 aliphatic rings. The summed E-state index contributed by atoms with van der Waals surface area (Å²) in [6.07, 6.45) is 0.703. The molecule has 0 radical (unpaired) electrons. The smallest absolute Gasteiger partial charge is 0.257 e. The molecule has 1 amide bonds. The number of aromatic nitrogens is 2. The van der Waals surface area contributed by atoms with E-state index in [1.54, 1.807) is 0 Å². The van der Waals surface area contributed by atoms with E-state index in [1.165, 1.54) is 5.56 Å². The van der Waals surface area contributed by atoms with Gasteiger partial charge in [0.2, 0.25) is 0 Å². The fourth-order valence-corrected chi connectivity index (χ4v) is 4.01. The first-order chi connectivity index (χ1) is 13.6. The Balaban J connectivity index is 1.74. The minimum absolute atomic E-state index is 0.0795. The molecule has 1 atom stereocenters. The third kappa shape index (κ3) is 3.17. The van der Waals surface area contributed by atoms with Gasteiger partial charge in [0.1, 0.15) is 6.17 Å². The van der Waals surface area contributed by atoms with E-state index in [-0.39, 0.29) is 12.1 Å². The molecular weight excluding hydrogens is 348 g/mol. The SMILES string of the molecule is CCCN1C(=O)c2ccccc2N[C@H]1c1c(C)nn(Cc2ccccc2)c1C. The van der Waals surface area contributed by atoms with Gasteiger partial charge in [0, 0.05) is 23.5 Å². The second kappa shape index (κ2) is 7.50. The van der Waals surface area contributed by atoms with Crippen molar-refractivity contribution in [2.45, 2.75) is 39.9 Å². The van der Waals surface area contributed by atoms with Crippen LogP contribution in [0.15, 0.2) is 54.6 Å². The first-order valence-electron chi connectivity index (χ1n) is 9.84. The molecule has 1 aliphatic heterocycles. The Morgan fingerprint density at radius 1 is 1.04 bits per heavy atom. The van der Waals surface area contributed by atoms with E-state index < -0.39 is 0 Å². The summed E-state index contributed by atoms with van der Waals surface area (Å²) in [4.78, 5) is 15.1. The van der Waals surface area contributed by atoms with Crippen LogP contribution in [0.2, 0.25) is 0 Å². The van der Waals surface area contributed by atoms with Gasteiger partial charge >= 0.3 is 0 Å². The van der Waals surface area contributed by atoms with Gasteiger partial charge in [0.25, 0.3) is 5.91 Å². The van der Waals surface area contributed by atoms with E-state index in [9.17, 15) is 4.79 Å². The zero-order chi connectivity index (χ0) is 19.7. The highest BCUT2D eigenvalue weighted by molar-refractivity contribution is 6.01. The molecule has 0 saturated carbocycles. The Morgan fingerprint density at radius 3 is 2.50 bits per heavy atom. The third-order valence-electron chi connectivity index (χ3n) is 5.37. The third-order valence-corrected chi connectivity index (χ3v) is 5.37. The van der Waals surface area contributed by atoms with E-state index in [2.05, 4.69) is 31.3 Å². The highest BCUT2D eigenvalue weighted by Crippen LogP contribution is 2.35. The van der Waals surface area contributed by atoms with Crippen molar-refractivity contribution < 1.29 is 4.79 Å². The van der Waals surface area contributed by atoms with Crippen LogP contribution in [0.1, 0.15) is 52.4 Å². The van der Waals surface area contributed by atoms with Gasteiger partial charge in [-0.25, -0.2) is 0 Å². The fraction of sp³-hybridized carbons (Fsp3) is 0.304. The Kier molecular flexibility index (Phi) is 4.90. The molecule has 1 aromatic heterocycles. The number of carbonyl (C=O) groups excluding carboxylic acids is 1. The molecule has 28 heavy (non-hydrogen) atoms. The van der Waals surface area contributed by atoms with Crippen LogP contribution in [0.4, 0.5) is 5.69 Å². The molecule has 0 saturated heterocycles. The van der Waals surface area contributed by atoms with E-state index in [0.717, 1.165) is 41.2 Å². The predicted molar refractivity (Wildman–Crippen MR) is 111 cm³/mol. The van der Waals surface area contributed by atoms with Crippen LogP contribution in [0.5, 0.6) is 0 Å². The average Bonchev–Trinajstić information content (AvgIpc) is 2.98. The first kappa shape index (κ1) is 18.3. The van der Waals surface area contributed by atoms with Crippen LogP contribution < -0.4 is 5.32 Å².